The van der Waals surface area contributed by atoms with E-state index in [9.17, 15) is 4.57 Å². The van der Waals surface area contributed by atoms with E-state index >= 15 is 0 Å². The first-order valence-corrected chi connectivity index (χ1v) is 6.25. The number of hydrogen-bond donors (Lipinski definition) is 2. The highest BCUT2D eigenvalue weighted by atomic mass is 31.2. The largest absolute Gasteiger partial charge is 0.328 e. The zero-order chi connectivity index (χ0) is 9.61. The molecule has 0 aliphatic heterocycles. The third-order valence-electron chi connectivity index (χ3n) is 2.09. The molecule has 2 N–H and O–H groups in total. The average molecular weight is 210 g/mol. The summed E-state index contributed by atoms with van der Waals surface area (Å²) in [6.07, 6.45) is 4.33. The van der Waals surface area contributed by atoms with E-state index in [-0.39, 0.29) is 7.43 Å². The quantitative estimate of drug-likeness (QED) is 0.523. The molecule has 0 radical (unpaired) electrons. The Kier molecular flexibility index (Phi) is 9.06. The molecule has 0 saturated carbocycles. The van der Waals surface area contributed by atoms with Gasteiger partial charge in [-0.25, -0.2) is 0 Å². The molecule has 0 aliphatic rings. The van der Waals surface area contributed by atoms with Crippen molar-refractivity contribution in [2.24, 2.45) is 0 Å². The molecule has 1 unspecified atom stereocenters. The first-order valence-electron chi connectivity index (χ1n) is 4.57. The van der Waals surface area contributed by atoms with E-state index in [4.69, 9.17) is 9.79 Å². The van der Waals surface area contributed by atoms with Gasteiger partial charge in [0.15, 0.2) is 0 Å². The number of hydrogen-bond acceptors (Lipinski definition) is 1. The van der Waals surface area contributed by atoms with E-state index in [2.05, 4.69) is 6.92 Å². The molecule has 0 spiro atoms. The van der Waals surface area contributed by atoms with E-state index < -0.39 is 13.3 Å². The second-order valence-electron chi connectivity index (χ2n) is 3.15. The minimum absolute atomic E-state index is 0. The lowest BCUT2D eigenvalue weighted by atomic mass is 10.1. The Morgan fingerprint density at radius 1 is 1.23 bits per heavy atom. The molecule has 0 rings (SSSR count). The van der Waals surface area contributed by atoms with Crippen LogP contribution in [-0.4, -0.2) is 15.4 Å². The lowest BCUT2D eigenvalue weighted by Crippen LogP contribution is -2.06. The summed E-state index contributed by atoms with van der Waals surface area (Å²) < 4.78 is 10.9. The molecule has 0 aromatic rings. The zero-order valence-electron chi connectivity index (χ0n) is 7.86. The summed E-state index contributed by atoms with van der Waals surface area (Å²) in [5.74, 6) is 0. The molecule has 82 valence electrons. The Morgan fingerprint density at radius 2 is 1.77 bits per heavy atom. The van der Waals surface area contributed by atoms with Crippen LogP contribution >= 0.6 is 7.60 Å². The fourth-order valence-corrected chi connectivity index (χ4v) is 2.23. The summed E-state index contributed by atoms with van der Waals surface area (Å²) in [6.45, 7) is 3.91. The van der Waals surface area contributed by atoms with Gasteiger partial charge in [-0.2, -0.15) is 0 Å². The van der Waals surface area contributed by atoms with Crippen LogP contribution < -0.4 is 0 Å². The van der Waals surface area contributed by atoms with Gasteiger partial charge in [0.1, 0.15) is 0 Å². The van der Waals surface area contributed by atoms with Gasteiger partial charge in [-0.3, -0.25) is 4.57 Å². The summed E-state index contributed by atoms with van der Waals surface area (Å²) in [5.41, 5.74) is -0.413. The van der Waals surface area contributed by atoms with Gasteiger partial charge in [0.2, 0.25) is 0 Å². The van der Waals surface area contributed by atoms with Crippen molar-refractivity contribution >= 4 is 7.60 Å². The first kappa shape index (κ1) is 15.6. The van der Waals surface area contributed by atoms with Crippen molar-refractivity contribution in [3.8, 4) is 0 Å². The second kappa shape index (κ2) is 7.54. The van der Waals surface area contributed by atoms with Crippen LogP contribution in [0.4, 0.5) is 0 Å². The first-order chi connectivity index (χ1) is 5.52. The maximum atomic E-state index is 10.9. The van der Waals surface area contributed by atoms with Crippen molar-refractivity contribution in [3.05, 3.63) is 0 Å². The fraction of sp³-hybridized carbons (Fsp3) is 1.00. The highest BCUT2D eigenvalue weighted by Crippen LogP contribution is 2.45. The van der Waals surface area contributed by atoms with Crippen LogP contribution in [-0.2, 0) is 4.57 Å². The van der Waals surface area contributed by atoms with Crippen LogP contribution in [0.25, 0.3) is 0 Å². The van der Waals surface area contributed by atoms with Crippen molar-refractivity contribution in [2.45, 2.75) is 59.0 Å². The smallest absolute Gasteiger partial charge is 0.324 e. The summed E-state index contributed by atoms with van der Waals surface area (Å²) in [7, 11) is -3.82. The third kappa shape index (κ3) is 7.24. The molecular weight excluding hydrogens is 187 g/mol. The summed E-state index contributed by atoms with van der Waals surface area (Å²) in [6, 6.07) is 0. The van der Waals surface area contributed by atoms with Gasteiger partial charge in [-0.1, -0.05) is 40.5 Å². The van der Waals surface area contributed by atoms with Crippen molar-refractivity contribution in [2.75, 3.05) is 0 Å². The highest BCUT2D eigenvalue weighted by Gasteiger charge is 2.25. The van der Waals surface area contributed by atoms with E-state index in [0.29, 0.717) is 12.8 Å². The molecule has 4 heteroatoms. The normalized spacial score (nSPS) is 13.5. The molecule has 1 atom stereocenters. The molecular formula is C9H23O3P. The Hall–Kier alpha value is 0.150. The summed E-state index contributed by atoms with van der Waals surface area (Å²) in [5, 5.41) is 0. The molecule has 0 saturated heterocycles. The van der Waals surface area contributed by atoms with E-state index in [1.807, 2.05) is 6.92 Å². The van der Waals surface area contributed by atoms with Gasteiger partial charge in [-0.05, 0) is 12.8 Å². The van der Waals surface area contributed by atoms with Gasteiger partial charge in [-0.15, -0.1) is 0 Å². The lowest BCUT2D eigenvalue weighted by Gasteiger charge is -2.15. The van der Waals surface area contributed by atoms with Crippen molar-refractivity contribution < 1.29 is 14.4 Å². The van der Waals surface area contributed by atoms with Gasteiger partial charge >= 0.3 is 7.60 Å². The molecule has 13 heavy (non-hydrogen) atoms. The topological polar surface area (TPSA) is 57.5 Å². The van der Waals surface area contributed by atoms with E-state index in [0.717, 1.165) is 19.3 Å². The second-order valence-corrected chi connectivity index (χ2v) is 5.06. The van der Waals surface area contributed by atoms with Crippen LogP contribution in [0, 0.1) is 0 Å². The van der Waals surface area contributed by atoms with Crippen LogP contribution in [0.1, 0.15) is 53.4 Å². The molecule has 0 amide bonds. The Morgan fingerprint density at radius 3 is 2.08 bits per heavy atom. The average Bonchev–Trinajstić information content (AvgIpc) is 1.95. The molecule has 3 nitrogen and oxygen atoms in total. The van der Waals surface area contributed by atoms with Crippen molar-refractivity contribution in [1.82, 2.24) is 0 Å². The van der Waals surface area contributed by atoms with E-state index in [1.54, 1.807) is 0 Å². The predicted octanol–water partition coefficient (Wildman–Crippen LogP) is 3.16. The SMILES string of the molecule is C.CCCCCC(CC)P(=O)(O)O. The Balaban J connectivity index is 0. The maximum Gasteiger partial charge on any atom is 0.328 e. The van der Waals surface area contributed by atoms with Gasteiger partial charge in [0.25, 0.3) is 0 Å². The van der Waals surface area contributed by atoms with E-state index in [1.165, 1.54) is 0 Å². The summed E-state index contributed by atoms with van der Waals surface area (Å²) in [4.78, 5) is 17.8. The van der Waals surface area contributed by atoms with Crippen molar-refractivity contribution in [3.63, 3.8) is 0 Å². The minimum Gasteiger partial charge on any atom is -0.324 e. The fourth-order valence-electron chi connectivity index (χ4n) is 1.24. The molecule has 0 heterocycles. The van der Waals surface area contributed by atoms with Gasteiger partial charge in [0.05, 0.1) is 5.66 Å². The number of rotatable bonds is 6. The van der Waals surface area contributed by atoms with Crippen LogP contribution in [0.2, 0.25) is 0 Å². The molecule has 0 aromatic carbocycles. The lowest BCUT2D eigenvalue weighted by molar-refractivity contribution is 0.350. The minimum atomic E-state index is -3.82. The van der Waals surface area contributed by atoms with Crippen molar-refractivity contribution in [1.29, 1.82) is 0 Å². The standard InChI is InChI=1S/C8H19O3P.CH4/c1-3-5-6-7-8(4-2)12(9,10)11;/h8H,3-7H2,1-2H3,(H2,9,10,11);1H4. The van der Waals surface area contributed by atoms with Gasteiger partial charge < -0.3 is 9.79 Å². The predicted molar refractivity (Wildman–Crippen MR) is 57.0 cm³/mol. The summed E-state index contributed by atoms with van der Waals surface area (Å²) >= 11 is 0. The maximum absolute atomic E-state index is 10.9. The molecule has 0 aromatic heterocycles. The number of unbranched alkanes of at least 4 members (excludes halogenated alkanes) is 2. The third-order valence-corrected chi connectivity index (χ3v) is 3.66. The molecule has 0 aliphatic carbocycles. The zero-order valence-corrected chi connectivity index (χ0v) is 8.76. The van der Waals surface area contributed by atoms with Crippen LogP contribution in [0.5, 0.6) is 0 Å². The molecule has 0 fully saturated rings. The van der Waals surface area contributed by atoms with Crippen LogP contribution in [0.3, 0.4) is 0 Å². The molecule has 0 bridgehead atoms. The van der Waals surface area contributed by atoms with Crippen LogP contribution in [0.15, 0.2) is 0 Å². The Labute approximate surface area is 81.7 Å². The van der Waals surface area contributed by atoms with Gasteiger partial charge in [0, 0.05) is 0 Å². The monoisotopic (exact) mass is 210 g/mol. The Bertz CT molecular complexity index is 153. The highest BCUT2D eigenvalue weighted by molar-refractivity contribution is 7.52.